The van der Waals surface area contributed by atoms with E-state index in [1.807, 2.05) is 0 Å². The predicted octanol–water partition coefficient (Wildman–Crippen LogP) is 6.32. The highest BCUT2D eigenvalue weighted by Crippen LogP contribution is 2.31. The molecule has 41 heavy (non-hydrogen) atoms. The molecule has 0 aliphatic carbocycles. The van der Waals surface area contributed by atoms with E-state index < -0.39 is 129 Å². The van der Waals surface area contributed by atoms with Crippen LogP contribution in [-0.4, -0.2) is 13.5 Å². The molecule has 0 aliphatic rings. The minimum absolute atomic E-state index is 0.442. The molecule has 220 valence electrons. The monoisotopic (exact) mass is 612 g/mol. The van der Waals surface area contributed by atoms with Gasteiger partial charge in [-0.2, -0.15) is 0 Å². The van der Waals surface area contributed by atoms with E-state index in [9.17, 15) is 65.9 Å². The molecule has 0 spiro atoms. The normalized spacial score (nSPS) is 12.0. The Labute approximate surface area is 218 Å². The Morgan fingerprint density at radius 2 is 0.732 bits per heavy atom. The van der Waals surface area contributed by atoms with Gasteiger partial charge in [-0.25, -0.2) is 65.9 Å². The lowest BCUT2D eigenvalue weighted by atomic mass is 9.54. The van der Waals surface area contributed by atoms with E-state index >= 15 is 0 Å². The Bertz CT molecular complexity index is 1450. The Morgan fingerprint density at radius 1 is 0.463 bits per heavy atom. The zero-order valence-corrected chi connectivity index (χ0v) is 19.8. The lowest BCUT2D eigenvalue weighted by Crippen LogP contribution is -2.53. The molecule has 0 atom stereocenters. The second kappa shape index (κ2) is 11.5. The van der Waals surface area contributed by atoms with Gasteiger partial charge >= 0.3 is 6.92 Å². The van der Waals surface area contributed by atoms with Gasteiger partial charge < -0.3 is 9.39 Å². The molecular formula is C23H8BF15O2. The largest absolute Gasteiger partial charge is 0.525 e. The van der Waals surface area contributed by atoms with Crippen LogP contribution in [0, 0.1) is 87.3 Å². The molecule has 0 radical (unpaired) electrons. The van der Waals surface area contributed by atoms with Gasteiger partial charge in [0.2, 0.25) is 5.82 Å². The molecular weight excluding hydrogens is 604 g/mol. The number of allylic oxidation sites excluding steroid dienone is 1. The summed E-state index contributed by atoms with van der Waals surface area (Å²) in [6.07, 6.45) is 0. The smallest absolute Gasteiger partial charge is 0.441 e. The molecule has 3 rings (SSSR count). The van der Waals surface area contributed by atoms with Crippen LogP contribution in [0.2, 0.25) is 0 Å². The van der Waals surface area contributed by atoms with E-state index in [-0.39, 0.29) is 0 Å². The first-order valence-corrected chi connectivity index (χ1v) is 10.6. The Balaban J connectivity index is 2.49. The van der Waals surface area contributed by atoms with Crippen molar-refractivity contribution in [1.29, 1.82) is 0 Å². The van der Waals surface area contributed by atoms with Crippen LogP contribution in [0.15, 0.2) is 5.95 Å². The molecule has 0 aromatic heterocycles. The number of ether oxygens (including phenoxy) is 1. The minimum atomic E-state index is -3.60. The number of rotatable bonds is 7. The maximum Gasteiger partial charge on any atom is 0.441 e. The standard InChI is InChI=1S/C23H8BF15O2/c1-3-40-23(4(2)5-8(25)14(31)20(37)15(32)9(5)26)41-24(6-10(27)16(33)21(38)17(34)11(6)28)7-12(29)18(35)22(39)19(36)13(7)30/h3H2,1-2H3/b23-4-. The summed E-state index contributed by atoms with van der Waals surface area (Å²) in [5.41, 5.74) is -8.02. The van der Waals surface area contributed by atoms with Gasteiger partial charge in [0.05, 0.1) is 12.2 Å². The maximum atomic E-state index is 14.7. The lowest BCUT2D eigenvalue weighted by Gasteiger charge is -2.23. The second-order valence-corrected chi connectivity index (χ2v) is 7.76. The lowest BCUT2D eigenvalue weighted by molar-refractivity contribution is 0.119. The van der Waals surface area contributed by atoms with Crippen molar-refractivity contribution >= 4 is 23.4 Å². The first-order valence-electron chi connectivity index (χ1n) is 10.6. The molecule has 3 aromatic carbocycles. The van der Waals surface area contributed by atoms with E-state index in [2.05, 4.69) is 0 Å². The highest BCUT2D eigenvalue weighted by atomic mass is 19.2. The fourth-order valence-electron chi connectivity index (χ4n) is 3.47. The highest BCUT2D eigenvalue weighted by molar-refractivity contribution is 6.80. The van der Waals surface area contributed by atoms with Crippen LogP contribution in [0.1, 0.15) is 19.4 Å². The fourth-order valence-corrected chi connectivity index (χ4v) is 3.47. The second-order valence-electron chi connectivity index (χ2n) is 7.76. The van der Waals surface area contributed by atoms with Gasteiger partial charge in [0.15, 0.2) is 81.4 Å². The summed E-state index contributed by atoms with van der Waals surface area (Å²) in [5, 5.41) is 0. The Hall–Kier alpha value is -3.99. The van der Waals surface area contributed by atoms with E-state index in [1.165, 1.54) is 0 Å². The van der Waals surface area contributed by atoms with Crippen molar-refractivity contribution in [1.82, 2.24) is 0 Å². The van der Waals surface area contributed by atoms with Gasteiger partial charge in [0.1, 0.15) is 0 Å². The number of benzene rings is 3. The summed E-state index contributed by atoms with van der Waals surface area (Å²) in [6, 6.07) is 0. The van der Waals surface area contributed by atoms with Crippen LogP contribution in [0.5, 0.6) is 0 Å². The molecule has 18 heteroatoms. The van der Waals surface area contributed by atoms with Crippen LogP contribution in [0.4, 0.5) is 65.9 Å². The third-order valence-corrected chi connectivity index (χ3v) is 5.40. The fraction of sp³-hybridized carbons (Fsp3) is 0.130. The molecule has 0 N–H and O–H groups in total. The van der Waals surface area contributed by atoms with E-state index in [0.29, 0.717) is 6.92 Å². The van der Waals surface area contributed by atoms with Crippen molar-refractivity contribution in [2.75, 3.05) is 6.61 Å². The summed E-state index contributed by atoms with van der Waals surface area (Å²) in [7, 11) is 0. The number of halogens is 15. The van der Waals surface area contributed by atoms with Crippen LogP contribution < -0.4 is 10.9 Å². The van der Waals surface area contributed by atoms with Crippen LogP contribution >= 0.6 is 0 Å². The van der Waals surface area contributed by atoms with Crippen molar-refractivity contribution in [2.45, 2.75) is 13.8 Å². The Kier molecular flexibility index (Phi) is 8.83. The van der Waals surface area contributed by atoms with Crippen LogP contribution in [0.3, 0.4) is 0 Å². The predicted molar refractivity (Wildman–Crippen MR) is 109 cm³/mol. The molecule has 3 aromatic rings. The third kappa shape index (κ3) is 5.03. The summed E-state index contributed by atoms with van der Waals surface area (Å²) in [5.74, 6) is -43.2. The first-order chi connectivity index (χ1) is 19.0. The van der Waals surface area contributed by atoms with Crippen molar-refractivity contribution in [3.05, 3.63) is 98.8 Å². The van der Waals surface area contributed by atoms with Gasteiger partial charge in [-0.15, -0.1) is 0 Å². The van der Waals surface area contributed by atoms with E-state index in [0.717, 1.165) is 6.92 Å². The molecule has 0 heterocycles. The summed E-state index contributed by atoms with van der Waals surface area (Å²) in [4.78, 5) is 0. The van der Waals surface area contributed by atoms with Gasteiger partial charge in [-0.1, -0.05) is 0 Å². The quantitative estimate of drug-likeness (QED) is 0.102. The summed E-state index contributed by atoms with van der Waals surface area (Å²) < 4.78 is 221. The minimum Gasteiger partial charge on any atom is -0.525 e. The van der Waals surface area contributed by atoms with Crippen molar-refractivity contribution in [3.8, 4) is 0 Å². The van der Waals surface area contributed by atoms with Gasteiger partial charge in [0, 0.05) is 16.5 Å². The molecule has 0 saturated carbocycles. The van der Waals surface area contributed by atoms with Crippen LogP contribution in [0.25, 0.3) is 5.57 Å². The SMILES string of the molecule is CCO/C(OB(c1c(F)c(F)c(F)c(F)c1F)c1c(F)c(F)c(F)c(F)c1F)=C(\C)c1c(F)c(F)c(F)c(F)c1F. The molecule has 0 unspecified atom stereocenters. The molecule has 0 fully saturated rings. The van der Waals surface area contributed by atoms with E-state index in [4.69, 9.17) is 9.39 Å². The zero-order chi connectivity index (χ0) is 31.2. The molecule has 0 aliphatic heterocycles. The number of hydrogen-bond acceptors (Lipinski definition) is 2. The maximum absolute atomic E-state index is 14.7. The zero-order valence-electron chi connectivity index (χ0n) is 19.8. The molecule has 0 amide bonds. The van der Waals surface area contributed by atoms with Gasteiger partial charge in [0.25, 0.3) is 5.95 Å². The van der Waals surface area contributed by atoms with Crippen molar-refractivity contribution in [2.24, 2.45) is 0 Å². The van der Waals surface area contributed by atoms with Crippen molar-refractivity contribution < 1.29 is 75.2 Å². The first kappa shape index (κ1) is 31.5. The molecule has 0 bridgehead atoms. The van der Waals surface area contributed by atoms with Crippen molar-refractivity contribution in [3.63, 3.8) is 0 Å². The summed E-state index contributed by atoms with van der Waals surface area (Å²) in [6.45, 7) is -2.90. The highest BCUT2D eigenvalue weighted by Gasteiger charge is 2.44. The average molecular weight is 612 g/mol. The summed E-state index contributed by atoms with van der Waals surface area (Å²) >= 11 is 0. The average Bonchev–Trinajstić information content (AvgIpc) is 2.94. The Morgan fingerprint density at radius 3 is 1.02 bits per heavy atom. The third-order valence-electron chi connectivity index (χ3n) is 5.40. The van der Waals surface area contributed by atoms with E-state index in [1.54, 1.807) is 0 Å². The topological polar surface area (TPSA) is 18.5 Å². The van der Waals surface area contributed by atoms with Crippen LogP contribution in [-0.2, 0) is 9.39 Å². The van der Waals surface area contributed by atoms with Gasteiger partial charge in [-0.05, 0) is 13.8 Å². The molecule has 0 saturated heterocycles. The molecule has 2 nitrogen and oxygen atoms in total. The number of hydrogen-bond donors (Lipinski definition) is 0. The van der Waals surface area contributed by atoms with Gasteiger partial charge in [-0.3, -0.25) is 0 Å².